The molecule has 1 aromatic rings. The summed E-state index contributed by atoms with van der Waals surface area (Å²) < 4.78 is 0. The van der Waals surface area contributed by atoms with E-state index in [2.05, 4.69) is 6.07 Å². The second-order valence-electron chi connectivity index (χ2n) is 5.63. The molecule has 1 fully saturated rings. The van der Waals surface area contributed by atoms with Gasteiger partial charge in [-0.25, -0.2) is 0 Å². The van der Waals surface area contributed by atoms with Crippen molar-refractivity contribution >= 4 is 27.5 Å². The fraction of sp³-hybridized carbons (Fsp3) is 0.529. The fourth-order valence-corrected chi connectivity index (χ4v) is 5.48. The van der Waals surface area contributed by atoms with Gasteiger partial charge in [0.1, 0.15) is 0 Å². The van der Waals surface area contributed by atoms with E-state index in [4.69, 9.17) is 5.26 Å². The number of amides is 1. The summed E-state index contributed by atoms with van der Waals surface area (Å²) >= 11 is 0. The van der Waals surface area contributed by atoms with Crippen LogP contribution in [0.5, 0.6) is 0 Å². The van der Waals surface area contributed by atoms with Gasteiger partial charge in [-0.2, -0.15) is 5.26 Å². The number of carbonyl (C=O) groups is 1. The smallest absolute Gasteiger partial charge is 0.222 e. The first-order valence-electron chi connectivity index (χ1n) is 7.70. The van der Waals surface area contributed by atoms with Crippen LogP contribution in [0.15, 0.2) is 24.3 Å². The van der Waals surface area contributed by atoms with E-state index in [1.807, 2.05) is 40.8 Å². The maximum Gasteiger partial charge on any atom is 0.222 e. The monoisotopic (exact) mass is 334 g/mol. The Morgan fingerprint density at radius 2 is 2.14 bits per heavy atom. The third-order valence-corrected chi connectivity index (χ3v) is 6.83. The average molecular weight is 335 g/mol. The molecule has 0 bridgehead atoms. The normalized spacial score (nSPS) is 17.2. The highest BCUT2D eigenvalue weighted by Crippen LogP contribution is 2.39. The number of nitriles is 1. The van der Waals surface area contributed by atoms with Gasteiger partial charge in [0.15, 0.2) is 0 Å². The Balaban J connectivity index is 1.66. The van der Waals surface area contributed by atoms with Crippen molar-refractivity contribution in [2.45, 2.75) is 43.9 Å². The molecule has 22 heavy (non-hydrogen) atoms. The zero-order valence-corrected chi connectivity index (χ0v) is 14.6. The molecule has 0 aliphatic carbocycles. The van der Waals surface area contributed by atoms with Gasteiger partial charge in [0.05, 0.1) is 11.6 Å². The summed E-state index contributed by atoms with van der Waals surface area (Å²) in [4.78, 5) is 13.9. The van der Waals surface area contributed by atoms with Crippen molar-refractivity contribution in [3.05, 3.63) is 35.4 Å². The van der Waals surface area contributed by atoms with Gasteiger partial charge < -0.3 is 4.90 Å². The first kappa shape index (κ1) is 17.2. The molecule has 0 saturated carbocycles. The van der Waals surface area contributed by atoms with Crippen LogP contribution in [-0.2, 0) is 11.3 Å². The lowest BCUT2D eigenvalue weighted by Crippen LogP contribution is -2.25. The summed E-state index contributed by atoms with van der Waals surface area (Å²) in [5, 5.41) is 9.58. The number of unbranched alkanes of at least 4 members (excludes halogenated alkanes) is 1. The lowest BCUT2D eigenvalue weighted by atomic mass is 10.1. The number of nitrogens with zero attached hydrogens (tertiary/aromatic N) is 2. The molecule has 0 radical (unpaired) electrons. The van der Waals surface area contributed by atoms with Gasteiger partial charge in [-0.15, -0.1) is 0 Å². The molecule has 1 aliphatic rings. The molecule has 0 aromatic heterocycles. The van der Waals surface area contributed by atoms with E-state index in [-0.39, 0.29) is 5.91 Å². The van der Waals surface area contributed by atoms with Crippen LogP contribution in [0.3, 0.4) is 0 Å². The predicted molar refractivity (Wildman–Crippen MR) is 94.6 cm³/mol. The van der Waals surface area contributed by atoms with Crippen LogP contribution in [0.1, 0.15) is 43.2 Å². The summed E-state index contributed by atoms with van der Waals surface area (Å²) in [6, 6.07) is 9.53. The lowest BCUT2D eigenvalue weighted by Gasteiger charge is -2.17. The van der Waals surface area contributed by atoms with Crippen molar-refractivity contribution in [2.24, 2.45) is 0 Å². The Morgan fingerprint density at radius 1 is 1.36 bits per heavy atom. The quantitative estimate of drug-likeness (QED) is 0.553. The number of carbonyl (C=O) groups excluding carboxylic acids is 1. The molecular formula is C17H22N2OS2. The molecule has 1 atom stereocenters. The summed E-state index contributed by atoms with van der Waals surface area (Å²) in [6.45, 7) is 0.611. The molecular weight excluding hydrogens is 312 g/mol. The predicted octanol–water partition coefficient (Wildman–Crippen LogP) is 4.23. The van der Waals surface area contributed by atoms with E-state index in [0.717, 1.165) is 23.7 Å². The molecule has 3 nitrogen and oxygen atoms in total. The third-order valence-electron chi connectivity index (χ3n) is 3.82. The van der Waals surface area contributed by atoms with Crippen LogP contribution in [-0.4, -0.2) is 28.9 Å². The van der Waals surface area contributed by atoms with Crippen molar-refractivity contribution in [1.29, 1.82) is 5.26 Å². The van der Waals surface area contributed by atoms with Crippen LogP contribution >= 0.6 is 21.6 Å². The van der Waals surface area contributed by atoms with E-state index in [0.29, 0.717) is 18.5 Å². The van der Waals surface area contributed by atoms with Gasteiger partial charge in [-0.3, -0.25) is 4.79 Å². The number of rotatable bonds is 7. The third kappa shape index (κ3) is 5.58. The second kappa shape index (κ2) is 9.12. The van der Waals surface area contributed by atoms with Gasteiger partial charge in [0.25, 0.3) is 0 Å². The standard InChI is InChI=1S/C17H22N2OS2/c1-19(13-15-8-6-14(12-18)7-9-15)17(20)5-3-2-4-16-10-11-21-22-16/h6-9,16H,2-5,10-11,13H2,1H3. The highest BCUT2D eigenvalue weighted by atomic mass is 33.1. The van der Waals surface area contributed by atoms with Gasteiger partial charge >= 0.3 is 0 Å². The molecule has 0 N–H and O–H groups in total. The minimum Gasteiger partial charge on any atom is -0.341 e. The Hall–Kier alpha value is -1.12. The first-order valence-corrected chi connectivity index (χ1v) is 10.1. The molecule has 1 heterocycles. The van der Waals surface area contributed by atoms with Gasteiger partial charge in [0.2, 0.25) is 5.91 Å². The Morgan fingerprint density at radius 3 is 2.77 bits per heavy atom. The van der Waals surface area contributed by atoms with Gasteiger partial charge in [-0.1, -0.05) is 40.1 Å². The van der Waals surface area contributed by atoms with E-state index in [1.165, 1.54) is 18.6 Å². The van der Waals surface area contributed by atoms with Crippen molar-refractivity contribution in [1.82, 2.24) is 4.90 Å². The summed E-state index contributed by atoms with van der Waals surface area (Å²) in [6.07, 6.45) is 5.33. The molecule has 1 amide bonds. The fourth-order valence-electron chi connectivity index (χ4n) is 2.45. The lowest BCUT2D eigenvalue weighted by molar-refractivity contribution is -0.130. The number of hydrogen-bond acceptors (Lipinski definition) is 4. The number of hydrogen-bond donors (Lipinski definition) is 0. The maximum atomic E-state index is 12.1. The zero-order valence-electron chi connectivity index (χ0n) is 13.0. The maximum absolute atomic E-state index is 12.1. The van der Waals surface area contributed by atoms with E-state index in [9.17, 15) is 4.79 Å². The topological polar surface area (TPSA) is 44.1 Å². The highest BCUT2D eigenvalue weighted by Gasteiger charge is 2.16. The van der Waals surface area contributed by atoms with Crippen molar-refractivity contribution in [2.75, 3.05) is 12.8 Å². The van der Waals surface area contributed by atoms with Crippen LogP contribution in [0.25, 0.3) is 0 Å². The van der Waals surface area contributed by atoms with E-state index < -0.39 is 0 Å². The number of benzene rings is 1. The summed E-state index contributed by atoms with van der Waals surface area (Å²) in [7, 11) is 5.84. The van der Waals surface area contributed by atoms with Crippen LogP contribution in [0, 0.1) is 11.3 Å². The largest absolute Gasteiger partial charge is 0.341 e. The zero-order chi connectivity index (χ0) is 15.8. The van der Waals surface area contributed by atoms with E-state index >= 15 is 0 Å². The summed E-state index contributed by atoms with van der Waals surface area (Å²) in [5.41, 5.74) is 1.72. The molecule has 1 aromatic carbocycles. The second-order valence-corrected chi connectivity index (χ2v) is 8.42. The van der Waals surface area contributed by atoms with Crippen LogP contribution in [0.4, 0.5) is 0 Å². The highest BCUT2D eigenvalue weighted by molar-refractivity contribution is 8.77. The Bertz CT molecular complexity index is 518. The van der Waals surface area contributed by atoms with Crippen molar-refractivity contribution < 1.29 is 4.79 Å². The van der Waals surface area contributed by atoms with Crippen LogP contribution in [0.2, 0.25) is 0 Å². The molecule has 118 valence electrons. The summed E-state index contributed by atoms with van der Waals surface area (Å²) in [5.74, 6) is 1.49. The molecule has 5 heteroatoms. The first-order chi connectivity index (χ1) is 10.7. The van der Waals surface area contributed by atoms with Crippen LogP contribution < -0.4 is 0 Å². The van der Waals surface area contributed by atoms with Gasteiger partial charge in [0, 0.05) is 31.0 Å². The molecule has 1 saturated heterocycles. The molecule has 1 unspecified atom stereocenters. The average Bonchev–Trinajstić information content (AvgIpc) is 3.05. The minimum absolute atomic E-state index is 0.206. The molecule has 0 spiro atoms. The van der Waals surface area contributed by atoms with E-state index in [1.54, 1.807) is 17.0 Å². The van der Waals surface area contributed by atoms with Crippen molar-refractivity contribution in [3.8, 4) is 6.07 Å². The molecule has 2 rings (SSSR count). The Kier molecular flexibility index (Phi) is 7.14. The van der Waals surface area contributed by atoms with Crippen molar-refractivity contribution in [3.63, 3.8) is 0 Å². The SMILES string of the molecule is CN(Cc1ccc(C#N)cc1)C(=O)CCCCC1CCSS1. The molecule has 1 aliphatic heterocycles. The Labute approximate surface area is 140 Å². The van der Waals surface area contributed by atoms with Gasteiger partial charge in [-0.05, 0) is 37.0 Å². The minimum atomic E-state index is 0.206.